The van der Waals surface area contributed by atoms with E-state index in [2.05, 4.69) is 5.32 Å². The molecule has 0 atom stereocenters. The van der Waals surface area contributed by atoms with Crippen molar-refractivity contribution in [3.63, 3.8) is 0 Å². The summed E-state index contributed by atoms with van der Waals surface area (Å²) in [5.74, 6) is -0.205. The molecule has 1 N–H and O–H groups in total. The molecule has 1 aromatic heterocycles. The van der Waals surface area contributed by atoms with Crippen molar-refractivity contribution in [1.29, 1.82) is 5.26 Å². The number of amides is 1. The van der Waals surface area contributed by atoms with Gasteiger partial charge < -0.3 is 9.73 Å². The maximum Gasteiger partial charge on any atom is 0.251 e. The van der Waals surface area contributed by atoms with Crippen molar-refractivity contribution in [2.75, 3.05) is 0 Å². The van der Waals surface area contributed by atoms with E-state index in [0.717, 1.165) is 5.56 Å². The quantitative estimate of drug-likeness (QED) is 0.871. The molecule has 2 aromatic rings. The summed E-state index contributed by atoms with van der Waals surface area (Å²) in [5, 5.41) is 11.5. The van der Waals surface area contributed by atoms with Gasteiger partial charge in [-0.2, -0.15) is 5.26 Å². The van der Waals surface area contributed by atoms with Crippen LogP contribution in [0.1, 0.15) is 21.5 Å². The van der Waals surface area contributed by atoms with E-state index in [1.165, 1.54) is 0 Å². The van der Waals surface area contributed by atoms with Crippen molar-refractivity contribution in [2.45, 2.75) is 6.54 Å². The monoisotopic (exact) mass is 226 g/mol. The second kappa shape index (κ2) is 4.99. The SMILES string of the molecule is N#Cc1cccc(C(=O)NCc2ccoc2)c1. The van der Waals surface area contributed by atoms with Crippen LogP contribution in [0.4, 0.5) is 0 Å². The number of hydrogen-bond acceptors (Lipinski definition) is 3. The fraction of sp³-hybridized carbons (Fsp3) is 0.0769. The van der Waals surface area contributed by atoms with Crippen molar-refractivity contribution in [3.8, 4) is 6.07 Å². The highest BCUT2D eigenvalue weighted by Crippen LogP contribution is 2.05. The Morgan fingerprint density at radius 3 is 3.00 bits per heavy atom. The second-order valence-electron chi connectivity index (χ2n) is 3.51. The smallest absolute Gasteiger partial charge is 0.251 e. The lowest BCUT2D eigenvalue weighted by atomic mass is 10.1. The van der Waals surface area contributed by atoms with Crippen LogP contribution in [0.15, 0.2) is 47.3 Å². The number of carbonyl (C=O) groups excluding carboxylic acids is 1. The van der Waals surface area contributed by atoms with Gasteiger partial charge in [-0.25, -0.2) is 0 Å². The molecular formula is C13H10N2O2. The summed E-state index contributed by atoms with van der Waals surface area (Å²) in [6.45, 7) is 0.409. The van der Waals surface area contributed by atoms with E-state index in [0.29, 0.717) is 17.7 Å². The van der Waals surface area contributed by atoms with Crippen LogP contribution in [0.3, 0.4) is 0 Å². The number of benzene rings is 1. The fourth-order valence-corrected chi connectivity index (χ4v) is 1.41. The lowest BCUT2D eigenvalue weighted by molar-refractivity contribution is 0.0951. The molecule has 17 heavy (non-hydrogen) atoms. The molecule has 0 bridgehead atoms. The Labute approximate surface area is 98.5 Å². The van der Waals surface area contributed by atoms with Crippen LogP contribution < -0.4 is 5.32 Å². The fourth-order valence-electron chi connectivity index (χ4n) is 1.41. The predicted molar refractivity (Wildman–Crippen MR) is 61.0 cm³/mol. The van der Waals surface area contributed by atoms with Crippen molar-refractivity contribution >= 4 is 5.91 Å². The Bertz CT molecular complexity index is 553. The summed E-state index contributed by atoms with van der Waals surface area (Å²) >= 11 is 0. The Hall–Kier alpha value is -2.54. The van der Waals surface area contributed by atoms with Gasteiger partial charge in [-0.1, -0.05) is 6.07 Å². The second-order valence-corrected chi connectivity index (χ2v) is 3.51. The Morgan fingerprint density at radius 2 is 2.29 bits per heavy atom. The largest absolute Gasteiger partial charge is 0.472 e. The van der Waals surface area contributed by atoms with Gasteiger partial charge in [0, 0.05) is 17.7 Å². The molecule has 0 aliphatic rings. The number of furan rings is 1. The van der Waals surface area contributed by atoms with Gasteiger partial charge in [-0.3, -0.25) is 4.79 Å². The number of hydrogen-bond donors (Lipinski definition) is 1. The summed E-state index contributed by atoms with van der Waals surface area (Å²) in [5.41, 5.74) is 1.85. The van der Waals surface area contributed by atoms with Gasteiger partial charge in [0.1, 0.15) is 0 Å². The molecule has 2 rings (SSSR count). The third-order valence-electron chi connectivity index (χ3n) is 2.29. The van der Waals surface area contributed by atoms with Gasteiger partial charge in [-0.15, -0.1) is 0 Å². The van der Waals surface area contributed by atoms with Gasteiger partial charge in [0.25, 0.3) is 5.91 Å². The molecule has 0 aliphatic heterocycles. The zero-order valence-corrected chi connectivity index (χ0v) is 9.01. The molecule has 0 radical (unpaired) electrons. The molecule has 0 saturated heterocycles. The molecule has 0 spiro atoms. The minimum atomic E-state index is -0.205. The van der Waals surface area contributed by atoms with Gasteiger partial charge in [0.2, 0.25) is 0 Å². The molecule has 1 aromatic carbocycles. The lowest BCUT2D eigenvalue weighted by Gasteiger charge is -2.03. The Kier molecular flexibility index (Phi) is 3.22. The van der Waals surface area contributed by atoms with Crippen LogP contribution in [-0.4, -0.2) is 5.91 Å². The van der Waals surface area contributed by atoms with Gasteiger partial charge in [-0.05, 0) is 24.3 Å². The van der Waals surface area contributed by atoms with Crippen LogP contribution in [-0.2, 0) is 6.54 Å². The van der Waals surface area contributed by atoms with Crippen LogP contribution in [0.25, 0.3) is 0 Å². The maximum absolute atomic E-state index is 11.8. The predicted octanol–water partition coefficient (Wildman–Crippen LogP) is 2.08. The van der Waals surface area contributed by atoms with Crippen LogP contribution in [0, 0.1) is 11.3 Å². The lowest BCUT2D eigenvalue weighted by Crippen LogP contribution is -2.22. The number of nitrogens with zero attached hydrogens (tertiary/aromatic N) is 1. The first-order valence-corrected chi connectivity index (χ1v) is 5.09. The first-order chi connectivity index (χ1) is 8.29. The van der Waals surface area contributed by atoms with E-state index in [9.17, 15) is 4.79 Å². The standard InChI is InChI=1S/C13H10N2O2/c14-7-10-2-1-3-12(6-10)13(16)15-8-11-4-5-17-9-11/h1-6,9H,8H2,(H,15,16). The molecule has 0 aliphatic carbocycles. The molecule has 1 amide bonds. The summed E-state index contributed by atoms with van der Waals surface area (Å²) in [6.07, 6.45) is 3.13. The van der Waals surface area contributed by atoms with E-state index in [-0.39, 0.29) is 5.91 Å². The van der Waals surface area contributed by atoms with E-state index in [1.54, 1.807) is 42.9 Å². The Balaban J connectivity index is 2.02. The van der Waals surface area contributed by atoms with E-state index >= 15 is 0 Å². The first-order valence-electron chi connectivity index (χ1n) is 5.09. The first kappa shape index (κ1) is 11.0. The number of nitrogens with one attached hydrogen (secondary N) is 1. The van der Waals surface area contributed by atoms with Crippen LogP contribution >= 0.6 is 0 Å². The van der Waals surface area contributed by atoms with E-state index in [4.69, 9.17) is 9.68 Å². The molecule has 84 valence electrons. The third kappa shape index (κ3) is 2.73. The number of rotatable bonds is 3. The summed E-state index contributed by atoms with van der Waals surface area (Å²) in [4.78, 5) is 11.8. The maximum atomic E-state index is 11.8. The Morgan fingerprint density at radius 1 is 1.41 bits per heavy atom. The zero-order chi connectivity index (χ0) is 12.1. The molecule has 4 nitrogen and oxygen atoms in total. The average molecular weight is 226 g/mol. The number of nitriles is 1. The van der Waals surface area contributed by atoms with Crippen molar-refractivity contribution in [3.05, 3.63) is 59.5 Å². The van der Waals surface area contributed by atoms with Crippen LogP contribution in [0.5, 0.6) is 0 Å². The van der Waals surface area contributed by atoms with Gasteiger partial charge in [0.05, 0.1) is 24.2 Å². The summed E-state index contributed by atoms with van der Waals surface area (Å²) < 4.78 is 4.89. The van der Waals surface area contributed by atoms with Gasteiger partial charge in [0.15, 0.2) is 0 Å². The summed E-state index contributed by atoms with van der Waals surface area (Å²) in [6, 6.07) is 10.4. The van der Waals surface area contributed by atoms with Gasteiger partial charge >= 0.3 is 0 Å². The zero-order valence-electron chi connectivity index (χ0n) is 9.01. The highest BCUT2D eigenvalue weighted by molar-refractivity contribution is 5.94. The average Bonchev–Trinajstić information content (AvgIpc) is 2.89. The van der Waals surface area contributed by atoms with Crippen molar-refractivity contribution in [2.24, 2.45) is 0 Å². The van der Waals surface area contributed by atoms with E-state index in [1.807, 2.05) is 6.07 Å². The highest BCUT2D eigenvalue weighted by Gasteiger charge is 2.06. The molecule has 4 heteroatoms. The normalized spacial score (nSPS) is 9.59. The summed E-state index contributed by atoms with van der Waals surface area (Å²) in [7, 11) is 0. The molecule has 0 saturated carbocycles. The number of carbonyl (C=O) groups is 1. The van der Waals surface area contributed by atoms with Crippen molar-refractivity contribution < 1.29 is 9.21 Å². The molecule has 0 fully saturated rings. The minimum Gasteiger partial charge on any atom is -0.472 e. The minimum absolute atomic E-state index is 0.205. The third-order valence-corrected chi connectivity index (χ3v) is 2.29. The van der Waals surface area contributed by atoms with E-state index < -0.39 is 0 Å². The van der Waals surface area contributed by atoms with Crippen LogP contribution in [0.2, 0.25) is 0 Å². The topological polar surface area (TPSA) is 66.0 Å². The molecule has 0 unspecified atom stereocenters. The molecular weight excluding hydrogens is 216 g/mol. The van der Waals surface area contributed by atoms with Crippen molar-refractivity contribution in [1.82, 2.24) is 5.32 Å². The molecule has 1 heterocycles. The highest BCUT2D eigenvalue weighted by atomic mass is 16.3.